The molecule has 0 radical (unpaired) electrons. The lowest BCUT2D eigenvalue weighted by Gasteiger charge is -2.30. The average Bonchev–Trinajstić information content (AvgIpc) is 3.26. The summed E-state index contributed by atoms with van der Waals surface area (Å²) < 4.78 is 0. The van der Waals surface area contributed by atoms with Gasteiger partial charge in [-0.1, -0.05) is 30.3 Å². The highest BCUT2D eigenvalue weighted by molar-refractivity contribution is 5.95. The molecule has 1 aliphatic rings. The van der Waals surface area contributed by atoms with Gasteiger partial charge in [-0.25, -0.2) is 4.79 Å². The second-order valence-corrected chi connectivity index (χ2v) is 7.73. The summed E-state index contributed by atoms with van der Waals surface area (Å²) in [5.74, 6) is -4.81. The van der Waals surface area contributed by atoms with Gasteiger partial charge in [0, 0.05) is 13.0 Å². The van der Waals surface area contributed by atoms with E-state index in [1.807, 2.05) is 0 Å². The quantitative estimate of drug-likeness (QED) is 0.216. The standard InChI is InChI=1S/C21H28N4O8/c22-13(10-17(27)28)18(29)23-14(9-12-5-2-1-3-6-12)20(31)25-8-4-7-16(25)19(30)24-15(11-26)21(32)33/h1-3,5-6,13-16,26H,4,7-11,22H2,(H,23,29)(H,24,30)(H,27,28)(H,32,33). The molecular formula is C21H28N4O8. The predicted octanol–water partition coefficient (Wildman–Crippen LogP) is -1.93. The fourth-order valence-corrected chi connectivity index (χ4v) is 3.57. The van der Waals surface area contributed by atoms with Crippen molar-refractivity contribution in [2.24, 2.45) is 5.73 Å². The highest BCUT2D eigenvalue weighted by Crippen LogP contribution is 2.20. The van der Waals surface area contributed by atoms with Gasteiger partial charge in [0.2, 0.25) is 17.7 Å². The Morgan fingerprint density at radius 2 is 1.73 bits per heavy atom. The van der Waals surface area contributed by atoms with Crippen LogP contribution >= 0.6 is 0 Å². The lowest BCUT2D eigenvalue weighted by Crippen LogP contribution is -2.57. The molecule has 1 heterocycles. The zero-order valence-electron chi connectivity index (χ0n) is 17.8. The number of carboxylic acids is 2. The normalized spacial score (nSPS) is 18.1. The molecule has 7 N–H and O–H groups in total. The maximum atomic E-state index is 13.3. The van der Waals surface area contributed by atoms with Crippen molar-refractivity contribution in [3.63, 3.8) is 0 Å². The molecule has 4 atom stereocenters. The summed E-state index contributed by atoms with van der Waals surface area (Å²) >= 11 is 0. The van der Waals surface area contributed by atoms with Gasteiger partial charge in [0.25, 0.3) is 0 Å². The van der Waals surface area contributed by atoms with Crippen LogP contribution in [-0.4, -0.2) is 87.2 Å². The molecule has 1 aliphatic heterocycles. The highest BCUT2D eigenvalue weighted by Gasteiger charge is 2.39. The van der Waals surface area contributed by atoms with Crippen LogP contribution in [0, 0.1) is 0 Å². The van der Waals surface area contributed by atoms with Gasteiger partial charge in [-0.2, -0.15) is 0 Å². The third-order valence-electron chi connectivity index (χ3n) is 5.26. The SMILES string of the molecule is NC(CC(=O)O)C(=O)NC(Cc1ccccc1)C(=O)N1CCCC1C(=O)NC(CO)C(=O)O. The van der Waals surface area contributed by atoms with Crippen LogP contribution in [0.5, 0.6) is 0 Å². The second kappa shape index (κ2) is 11.9. The largest absolute Gasteiger partial charge is 0.481 e. The smallest absolute Gasteiger partial charge is 0.328 e. The molecule has 0 aromatic heterocycles. The molecule has 1 fully saturated rings. The van der Waals surface area contributed by atoms with Crippen molar-refractivity contribution in [2.75, 3.05) is 13.2 Å². The molecule has 1 aromatic carbocycles. The molecule has 0 bridgehead atoms. The number of rotatable bonds is 11. The molecule has 33 heavy (non-hydrogen) atoms. The Bertz CT molecular complexity index is 878. The number of hydrogen-bond donors (Lipinski definition) is 6. The molecule has 4 unspecified atom stereocenters. The fourth-order valence-electron chi connectivity index (χ4n) is 3.57. The van der Waals surface area contributed by atoms with Crippen LogP contribution in [0.4, 0.5) is 0 Å². The lowest BCUT2D eigenvalue weighted by molar-refractivity contribution is -0.145. The summed E-state index contributed by atoms with van der Waals surface area (Å²) in [6, 6.07) is 3.80. The summed E-state index contributed by atoms with van der Waals surface area (Å²) in [7, 11) is 0. The Balaban J connectivity index is 2.20. The molecule has 0 spiro atoms. The zero-order valence-corrected chi connectivity index (χ0v) is 17.8. The molecule has 0 aliphatic carbocycles. The van der Waals surface area contributed by atoms with Crippen molar-refractivity contribution in [1.82, 2.24) is 15.5 Å². The van der Waals surface area contributed by atoms with Crippen LogP contribution in [0.15, 0.2) is 30.3 Å². The number of carbonyl (C=O) groups is 5. The van der Waals surface area contributed by atoms with Crippen molar-refractivity contribution in [2.45, 2.75) is 49.9 Å². The summed E-state index contributed by atoms with van der Waals surface area (Å²) in [4.78, 5) is 61.6. The third-order valence-corrected chi connectivity index (χ3v) is 5.26. The first kappa shape index (κ1) is 25.7. The van der Waals surface area contributed by atoms with E-state index in [-0.39, 0.29) is 19.4 Å². The van der Waals surface area contributed by atoms with Crippen molar-refractivity contribution in [3.05, 3.63) is 35.9 Å². The van der Waals surface area contributed by atoms with E-state index in [4.69, 9.17) is 21.1 Å². The number of aliphatic hydroxyl groups is 1. The first-order chi connectivity index (χ1) is 15.6. The van der Waals surface area contributed by atoms with Crippen LogP contribution in [0.25, 0.3) is 0 Å². The van der Waals surface area contributed by atoms with Crippen molar-refractivity contribution >= 4 is 29.7 Å². The Morgan fingerprint density at radius 3 is 2.30 bits per heavy atom. The number of nitrogens with one attached hydrogen (secondary N) is 2. The second-order valence-electron chi connectivity index (χ2n) is 7.73. The third kappa shape index (κ3) is 7.26. The zero-order chi connectivity index (χ0) is 24.5. The first-order valence-corrected chi connectivity index (χ1v) is 10.4. The van der Waals surface area contributed by atoms with Crippen LogP contribution in [0.3, 0.4) is 0 Å². The van der Waals surface area contributed by atoms with E-state index in [2.05, 4.69) is 10.6 Å². The Morgan fingerprint density at radius 1 is 1.06 bits per heavy atom. The minimum absolute atomic E-state index is 0.0738. The number of hydrogen-bond acceptors (Lipinski definition) is 7. The molecule has 1 saturated heterocycles. The van der Waals surface area contributed by atoms with E-state index >= 15 is 0 Å². The van der Waals surface area contributed by atoms with Crippen LogP contribution in [-0.2, 0) is 30.4 Å². The summed E-state index contributed by atoms with van der Waals surface area (Å²) in [6.07, 6.45) is 0.208. The minimum atomic E-state index is -1.51. The summed E-state index contributed by atoms with van der Waals surface area (Å²) in [5, 5.41) is 31.8. The van der Waals surface area contributed by atoms with Gasteiger partial charge >= 0.3 is 11.9 Å². The molecule has 180 valence electrons. The van der Waals surface area contributed by atoms with Gasteiger partial charge in [0.05, 0.1) is 19.1 Å². The topological polar surface area (TPSA) is 199 Å². The van der Waals surface area contributed by atoms with E-state index in [0.29, 0.717) is 6.42 Å². The number of nitrogens with two attached hydrogens (primary N) is 1. The number of amides is 3. The fraction of sp³-hybridized carbons (Fsp3) is 0.476. The highest BCUT2D eigenvalue weighted by atomic mass is 16.4. The van der Waals surface area contributed by atoms with Gasteiger partial charge in [0.1, 0.15) is 18.1 Å². The molecule has 12 heteroatoms. The van der Waals surface area contributed by atoms with E-state index in [0.717, 1.165) is 5.56 Å². The van der Waals surface area contributed by atoms with Gasteiger partial charge in [0.15, 0.2) is 0 Å². The van der Waals surface area contributed by atoms with Crippen LogP contribution in [0.1, 0.15) is 24.8 Å². The first-order valence-electron chi connectivity index (χ1n) is 10.4. The van der Waals surface area contributed by atoms with E-state index in [1.54, 1.807) is 30.3 Å². The number of aliphatic hydroxyl groups excluding tert-OH is 1. The monoisotopic (exact) mass is 464 g/mol. The maximum absolute atomic E-state index is 13.3. The number of carbonyl (C=O) groups excluding carboxylic acids is 3. The van der Waals surface area contributed by atoms with Gasteiger partial charge < -0.3 is 36.6 Å². The summed E-state index contributed by atoms with van der Waals surface area (Å²) in [5.41, 5.74) is 6.34. The predicted molar refractivity (Wildman–Crippen MR) is 114 cm³/mol. The number of carboxylic acid groups (broad SMARTS) is 2. The Kier molecular flexibility index (Phi) is 9.30. The van der Waals surface area contributed by atoms with Gasteiger partial charge in [-0.3, -0.25) is 19.2 Å². The van der Waals surface area contributed by atoms with Crippen LogP contribution in [0.2, 0.25) is 0 Å². The Hall–Kier alpha value is -3.51. The Labute approximate surface area is 189 Å². The van der Waals surface area contributed by atoms with Gasteiger partial charge in [-0.05, 0) is 18.4 Å². The average molecular weight is 464 g/mol. The molecule has 12 nitrogen and oxygen atoms in total. The number of aliphatic carboxylic acids is 2. The molecular weight excluding hydrogens is 436 g/mol. The van der Waals surface area contributed by atoms with Crippen molar-refractivity contribution in [1.29, 1.82) is 0 Å². The van der Waals surface area contributed by atoms with Gasteiger partial charge in [-0.15, -0.1) is 0 Å². The number of nitrogens with zero attached hydrogens (tertiary/aromatic N) is 1. The van der Waals surface area contributed by atoms with Crippen LogP contribution < -0.4 is 16.4 Å². The van der Waals surface area contributed by atoms with E-state index in [9.17, 15) is 24.0 Å². The van der Waals surface area contributed by atoms with E-state index in [1.165, 1.54) is 4.90 Å². The number of benzene rings is 1. The summed E-state index contributed by atoms with van der Waals surface area (Å²) in [6.45, 7) is -0.605. The van der Waals surface area contributed by atoms with Crippen molar-refractivity contribution < 1.29 is 39.3 Å². The molecule has 1 aromatic rings. The lowest BCUT2D eigenvalue weighted by atomic mass is 10.0. The number of likely N-dealkylation sites (tertiary alicyclic amines) is 1. The van der Waals surface area contributed by atoms with Crippen molar-refractivity contribution in [3.8, 4) is 0 Å². The minimum Gasteiger partial charge on any atom is -0.481 e. The van der Waals surface area contributed by atoms with E-state index < -0.39 is 66.9 Å². The molecule has 0 saturated carbocycles. The molecule has 2 rings (SSSR count). The maximum Gasteiger partial charge on any atom is 0.328 e. The molecule has 3 amide bonds.